The number of imidazole rings is 1. The van der Waals surface area contributed by atoms with E-state index in [1.54, 1.807) is 6.20 Å². The van der Waals surface area contributed by atoms with E-state index < -0.39 is 12.1 Å². The molecule has 6 nitrogen and oxygen atoms in total. The lowest BCUT2D eigenvalue weighted by molar-refractivity contribution is -0.149. The highest BCUT2D eigenvalue weighted by Crippen LogP contribution is 2.33. The Labute approximate surface area is 103 Å². The molecule has 0 bridgehead atoms. The second-order valence-electron chi connectivity index (χ2n) is 4.40. The predicted molar refractivity (Wildman–Crippen MR) is 63.0 cm³/mol. The fraction of sp³-hybridized carbons (Fsp3) is 0.417. The molecule has 1 fully saturated rings. The number of nitrogens with zero attached hydrogens (tertiary/aromatic N) is 3. The number of carboxylic acid groups (broad SMARTS) is 1. The fourth-order valence-electron chi connectivity index (χ4n) is 2.34. The highest BCUT2D eigenvalue weighted by atomic mass is 16.5. The molecule has 3 heterocycles. The van der Waals surface area contributed by atoms with Gasteiger partial charge in [0, 0.05) is 13.2 Å². The van der Waals surface area contributed by atoms with Crippen molar-refractivity contribution in [1.29, 1.82) is 0 Å². The molecule has 1 aliphatic rings. The lowest BCUT2D eigenvalue weighted by Crippen LogP contribution is -2.19. The van der Waals surface area contributed by atoms with Gasteiger partial charge in [0.05, 0.1) is 0 Å². The van der Waals surface area contributed by atoms with Gasteiger partial charge in [0.15, 0.2) is 11.8 Å². The molecular weight excluding hydrogens is 234 g/mol. The number of carbonyl (C=O) groups is 1. The van der Waals surface area contributed by atoms with E-state index in [4.69, 9.17) is 9.84 Å². The maximum Gasteiger partial charge on any atom is 0.332 e. The largest absolute Gasteiger partial charge is 0.479 e. The first-order chi connectivity index (χ1) is 8.66. The summed E-state index contributed by atoms with van der Waals surface area (Å²) in [6, 6.07) is 3.71. The Hall–Kier alpha value is -1.95. The lowest BCUT2D eigenvalue weighted by atomic mass is 10.2. The highest BCUT2D eigenvalue weighted by molar-refractivity contribution is 5.73. The van der Waals surface area contributed by atoms with Crippen LogP contribution >= 0.6 is 0 Å². The number of carboxylic acids is 1. The van der Waals surface area contributed by atoms with Crippen LogP contribution in [0.5, 0.6) is 0 Å². The Morgan fingerprint density at radius 3 is 3.06 bits per heavy atom. The fourth-order valence-corrected chi connectivity index (χ4v) is 2.34. The summed E-state index contributed by atoms with van der Waals surface area (Å²) in [6.45, 7) is 0. The summed E-state index contributed by atoms with van der Waals surface area (Å²) in [7, 11) is 1.87. The van der Waals surface area contributed by atoms with Gasteiger partial charge in [-0.25, -0.2) is 14.8 Å². The van der Waals surface area contributed by atoms with E-state index in [2.05, 4.69) is 9.97 Å². The van der Waals surface area contributed by atoms with Crippen molar-refractivity contribution in [3.63, 3.8) is 0 Å². The quantitative estimate of drug-likeness (QED) is 0.864. The van der Waals surface area contributed by atoms with Gasteiger partial charge in [0.25, 0.3) is 0 Å². The van der Waals surface area contributed by atoms with E-state index in [-0.39, 0.29) is 6.10 Å². The van der Waals surface area contributed by atoms with Crippen LogP contribution in [0.25, 0.3) is 11.2 Å². The van der Waals surface area contributed by atoms with E-state index in [9.17, 15) is 4.79 Å². The minimum atomic E-state index is -0.908. The number of hydrogen-bond donors (Lipinski definition) is 1. The molecule has 0 spiro atoms. The number of aryl methyl sites for hydroxylation is 1. The summed E-state index contributed by atoms with van der Waals surface area (Å²) < 4.78 is 7.37. The summed E-state index contributed by atoms with van der Waals surface area (Å²) >= 11 is 0. The van der Waals surface area contributed by atoms with Gasteiger partial charge in [-0.3, -0.25) is 0 Å². The molecule has 94 valence electrons. The summed E-state index contributed by atoms with van der Waals surface area (Å²) in [4.78, 5) is 19.6. The van der Waals surface area contributed by atoms with Crippen LogP contribution in [-0.2, 0) is 16.6 Å². The van der Waals surface area contributed by atoms with Crippen molar-refractivity contribution in [2.75, 3.05) is 0 Å². The van der Waals surface area contributed by atoms with Crippen LogP contribution < -0.4 is 0 Å². The molecule has 0 aromatic carbocycles. The first-order valence-electron chi connectivity index (χ1n) is 5.82. The van der Waals surface area contributed by atoms with Crippen molar-refractivity contribution < 1.29 is 14.6 Å². The van der Waals surface area contributed by atoms with Crippen LogP contribution in [0.1, 0.15) is 24.8 Å². The Bertz CT molecular complexity index is 608. The molecule has 2 aromatic rings. The number of aliphatic carboxylic acids is 1. The zero-order valence-electron chi connectivity index (χ0n) is 9.91. The first kappa shape index (κ1) is 11.2. The molecule has 0 saturated carbocycles. The zero-order chi connectivity index (χ0) is 12.7. The smallest absolute Gasteiger partial charge is 0.332 e. The van der Waals surface area contributed by atoms with Crippen molar-refractivity contribution in [1.82, 2.24) is 14.5 Å². The van der Waals surface area contributed by atoms with Crippen molar-refractivity contribution >= 4 is 17.1 Å². The van der Waals surface area contributed by atoms with E-state index >= 15 is 0 Å². The summed E-state index contributed by atoms with van der Waals surface area (Å²) in [5.41, 5.74) is 1.59. The lowest BCUT2D eigenvalue weighted by Gasteiger charge is -2.10. The van der Waals surface area contributed by atoms with Crippen LogP contribution in [-0.4, -0.2) is 31.7 Å². The van der Waals surface area contributed by atoms with E-state index in [1.165, 1.54) is 0 Å². The Morgan fingerprint density at radius 1 is 1.56 bits per heavy atom. The van der Waals surface area contributed by atoms with Gasteiger partial charge < -0.3 is 14.4 Å². The molecule has 1 saturated heterocycles. The Kier molecular flexibility index (Phi) is 2.52. The molecule has 0 aliphatic carbocycles. The third kappa shape index (κ3) is 1.65. The SMILES string of the molecule is Cn1c(C2CCC(C(=O)O)O2)nc2cccnc21. The Morgan fingerprint density at radius 2 is 2.39 bits per heavy atom. The van der Waals surface area contributed by atoms with Gasteiger partial charge in [-0.05, 0) is 25.0 Å². The standard InChI is InChI=1S/C12H13N3O3/c1-15-10-7(3-2-6-13-10)14-11(15)8-4-5-9(18-8)12(16)17/h2-3,6,8-9H,4-5H2,1H3,(H,16,17). The number of rotatable bonds is 2. The van der Waals surface area contributed by atoms with E-state index in [1.807, 2.05) is 23.7 Å². The third-order valence-electron chi connectivity index (χ3n) is 3.25. The number of fused-ring (bicyclic) bond motifs is 1. The summed E-state index contributed by atoms with van der Waals surface area (Å²) in [6.07, 6.45) is 1.93. The van der Waals surface area contributed by atoms with Crippen LogP contribution in [0.2, 0.25) is 0 Å². The molecule has 18 heavy (non-hydrogen) atoms. The topological polar surface area (TPSA) is 77.2 Å². The van der Waals surface area contributed by atoms with Gasteiger partial charge >= 0.3 is 5.97 Å². The van der Waals surface area contributed by atoms with E-state index in [0.29, 0.717) is 12.8 Å². The van der Waals surface area contributed by atoms with Crippen molar-refractivity contribution in [2.45, 2.75) is 25.0 Å². The minimum absolute atomic E-state index is 0.259. The summed E-state index contributed by atoms with van der Waals surface area (Å²) in [5.74, 6) is -0.165. The van der Waals surface area contributed by atoms with Crippen LogP contribution in [0.15, 0.2) is 18.3 Å². The van der Waals surface area contributed by atoms with E-state index in [0.717, 1.165) is 17.0 Å². The van der Waals surface area contributed by atoms with Crippen LogP contribution in [0, 0.1) is 0 Å². The van der Waals surface area contributed by atoms with Gasteiger partial charge in [-0.2, -0.15) is 0 Å². The molecule has 0 amide bonds. The Balaban J connectivity index is 1.96. The van der Waals surface area contributed by atoms with Crippen molar-refractivity contribution in [3.05, 3.63) is 24.2 Å². The second kappa shape index (κ2) is 4.06. The minimum Gasteiger partial charge on any atom is -0.479 e. The summed E-state index contributed by atoms with van der Waals surface area (Å²) in [5, 5.41) is 8.92. The maximum atomic E-state index is 10.9. The number of aromatic nitrogens is 3. The molecule has 2 atom stereocenters. The molecular formula is C12H13N3O3. The molecule has 2 unspecified atom stereocenters. The maximum absolute atomic E-state index is 10.9. The van der Waals surface area contributed by atoms with Crippen molar-refractivity contribution in [3.8, 4) is 0 Å². The molecule has 6 heteroatoms. The second-order valence-corrected chi connectivity index (χ2v) is 4.40. The van der Waals surface area contributed by atoms with Gasteiger partial charge in [-0.1, -0.05) is 0 Å². The van der Waals surface area contributed by atoms with Gasteiger partial charge in [0.1, 0.15) is 17.4 Å². The average molecular weight is 247 g/mol. The van der Waals surface area contributed by atoms with Crippen molar-refractivity contribution in [2.24, 2.45) is 7.05 Å². The average Bonchev–Trinajstić information content (AvgIpc) is 2.95. The monoisotopic (exact) mass is 247 g/mol. The van der Waals surface area contributed by atoms with Crippen LogP contribution in [0.3, 0.4) is 0 Å². The number of hydrogen-bond acceptors (Lipinski definition) is 4. The molecule has 1 aliphatic heterocycles. The molecule has 1 N–H and O–H groups in total. The molecule has 0 radical (unpaired) electrons. The van der Waals surface area contributed by atoms with Gasteiger partial charge in [0.2, 0.25) is 0 Å². The van der Waals surface area contributed by atoms with Gasteiger partial charge in [-0.15, -0.1) is 0 Å². The predicted octanol–water partition coefficient (Wildman–Crippen LogP) is 1.27. The molecule has 2 aromatic heterocycles. The number of pyridine rings is 1. The first-order valence-corrected chi connectivity index (χ1v) is 5.82. The third-order valence-corrected chi connectivity index (χ3v) is 3.25. The zero-order valence-corrected chi connectivity index (χ0v) is 9.91. The van der Waals surface area contributed by atoms with Crippen LogP contribution in [0.4, 0.5) is 0 Å². The normalized spacial score (nSPS) is 23.6. The number of ether oxygens (including phenoxy) is 1. The molecule has 3 rings (SSSR count). The highest BCUT2D eigenvalue weighted by Gasteiger charge is 2.34.